The predicted molar refractivity (Wildman–Crippen MR) is 143 cm³/mol. The second-order valence-corrected chi connectivity index (χ2v) is 9.46. The van der Waals surface area contributed by atoms with Gasteiger partial charge < -0.3 is 14.2 Å². The Morgan fingerprint density at radius 2 is 0.848 bits per heavy atom. The van der Waals surface area contributed by atoms with Crippen molar-refractivity contribution in [2.45, 2.75) is 137 Å². The van der Waals surface area contributed by atoms with E-state index in [9.17, 15) is 0 Å². The zero-order chi connectivity index (χ0) is 24.0. The molecule has 0 aliphatic rings. The molecule has 3 heteroatoms. The summed E-state index contributed by atoms with van der Waals surface area (Å²) in [6.07, 6.45) is 20.8. The van der Waals surface area contributed by atoms with Gasteiger partial charge in [-0.3, -0.25) is 0 Å². The van der Waals surface area contributed by atoms with Crippen LogP contribution in [-0.2, 0) is 6.42 Å². The molecule has 3 nitrogen and oxygen atoms in total. The lowest BCUT2D eigenvalue weighted by Crippen LogP contribution is -2.07. The van der Waals surface area contributed by atoms with Gasteiger partial charge in [-0.2, -0.15) is 0 Å². The normalized spacial score (nSPS) is 11.0. The Morgan fingerprint density at radius 1 is 0.455 bits per heavy atom. The molecule has 33 heavy (non-hydrogen) atoms. The van der Waals surface area contributed by atoms with Crippen molar-refractivity contribution in [3.8, 4) is 17.2 Å². The molecule has 0 saturated heterocycles. The Labute approximate surface area is 206 Å². The molecule has 0 bridgehead atoms. The van der Waals surface area contributed by atoms with Crippen LogP contribution in [0.1, 0.15) is 136 Å². The maximum Gasteiger partial charge on any atom is 0.203 e. The van der Waals surface area contributed by atoms with Gasteiger partial charge in [0.05, 0.1) is 19.8 Å². The highest BCUT2D eigenvalue weighted by molar-refractivity contribution is 5.54. The molecule has 0 aliphatic carbocycles. The lowest BCUT2D eigenvalue weighted by molar-refractivity contribution is 0.234. The third-order valence-corrected chi connectivity index (χ3v) is 6.12. The number of hydrogen-bond acceptors (Lipinski definition) is 3. The lowest BCUT2D eigenvalue weighted by Gasteiger charge is -2.19. The molecule has 0 aliphatic heterocycles. The maximum atomic E-state index is 6.32. The van der Waals surface area contributed by atoms with Crippen molar-refractivity contribution >= 4 is 0 Å². The summed E-state index contributed by atoms with van der Waals surface area (Å²) in [4.78, 5) is 0. The second-order valence-electron chi connectivity index (χ2n) is 9.46. The van der Waals surface area contributed by atoms with E-state index in [0.29, 0.717) is 0 Å². The number of ether oxygens (including phenoxy) is 3. The predicted octanol–water partition coefficient (Wildman–Crippen LogP) is 9.69. The minimum Gasteiger partial charge on any atom is -0.490 e. The van der Waals surface area contributed by atoms with E-state index in [1.54, 1.807) is 0 Å². The van der Waals surface area contributed by atoms with Crippen molar-refractivity contribution in [1.29, 1.82) is 0 Å². The van der Waals surface area contributed by atoms with Gasteiger partial charge in [0.25, 0.3) is 0 Å². The fourth-order valence-corrected chi connectivity index (χ4v) is 4.08. The summed E-state index contributed by atoms with van der Waals surface area (Å²) in [5.74, 6) is 2.59. The summed E-state index contributed by atoms with van der Waals surface area (Å²) >= 11 is 0. The van der Waals surface area contributed by atoms with Crippen LogP contribution in [0.25, 0.3) is 0 Å². The molecular formula is C30H54O3. The quantitative estimate of drug-likeness (QED) is 0.151. The Balaban J connectivity index is 2.81. The Kier molecular flexibility index (Phi) is 19.0. The fraction of sp³-hybridized carbons (Fsp3) is 0.800. The van der Waals surface area contributed by atoms with Crippen molar-refractivity contribution in [2.75, 3.05) is 19.8 Å². The van der Waals surface area contributed by atoms with Crippen LogP contribution in [0.5, 0.6) is 17.2 Å². The standard InChI is InChI=1S/C30H54O3/c1-5-9-12-15-18-22-31-28-25-27(21-8-4)26-29(32-23-19-16-13-10-6-2)30(28)33-24-20-17-14-11-7-3/h25-26H,5-24H2,1-4H3. The molecule has 1 aromatic carbocycles. The molecule has 0 fully saturated rings. The van der Waals surface area contributed by atoms with E-state index in [1.807, 2.05) is 0 Å². The SMILES string of the molecule is CCCCCCCOc1cc(CCC)cc(OCCCCCCC)c1OCCCCCCC. The molecule has 192 valence electrons. The van der Waals surface area contributed by atoms with Gasteiger partial charge in [0.1, 0.15) is 0 Å². The Morgan fingerprint density at radius 3 is 1.24 bits per heavy atom. The molecule has 1 aromatic rings. The van der Waals surface area contributed by atoms with Crippen LogP contribution < -0.4 is 14.2 Å². The van der Waals surface area contributed by atoms with E-state index in [1.165, 1.54) is 82.6 Å². The average Bonchev–Trinajstić information content (AvgIpc) is 2.82. The van der Waals surface area contributed by atoms with Gasteiger partial charge in [0.2, 0.25) is 5.75 Å². The van der Waals surface area contributed by atoms with Crippen LogP contribution in [0, 0.1) is 0 Å². The highest BCUT2D eigenvalue weighted by Gasteiger charge is 2.16. The summed E-state index contributed by atoms with van der Waals surface area (Å²) < 4.78 is 18.9. The van der Waals surface area contributed by atoms with Crippen LogP contribution >= 0.6 is 0 Å². The monoisotopic (exact) mass is 462 g/mol. The molecule has 0 heterocycles. The summed E-state index contributed by atoms with van der Waals surface area (Å²) in [6.45, 7) is 11.2. The summed E-state index contributed by atoms with van der Waals surface area (Å²) in [5.41, 5.74) is 1.29. The molecule has 0 atom stereocenters. The van der Waals surface area contributed by atoms with Crippen LogP contribution in [0.3, 0.4) is 0 Å². The van der Waals surface area contributed by atoms with Gasteiger partial charge in [-0.25, -0.2) is 0 Å². The first-order valence-electron chi connectivity index (χ1n) is 14.3. The zero-order valence-corrected chi connectivity index (χ0v) is 22.5. The summed E-state index contributed by atoms with van der Waals surface area (Å²) in [7, 11) is 0. The van der Waals surface area contributed by atoms with Gasteiger partial charge >= 0.3 is 0 Å². The van der Waals surface area contributed by atoms with E-state index in [0.717, 1.165) is 69.2 Å². The lowest BCUT2D eigenvalue weighted by atomic mass is 10.1. The minimum absolute atomic E-state index is 0.733. The number of hydrogen-bond donors (Lipinski definition) is 0. The van der Waals surface area contributed by atoms with Crippen LogP contribution in [0.2, 0.25) is 0 Å². The summed E-state index contributed by atoms with van der Waals surface area (Å²) in [6, 6.07) is 4.38. The van der Waals surface area contributed by atoms with Gasteiger partial charge in [-0.05, 0) is 43.4 Å². The average molecular weight is 463 g/mol. The van der Waals surface area contributed by atoms with Crippen molar-refractivity contribution < 1.29 is 14.2 Å². The number of benzene rings is 1. The minimum atomic E-state index is 0.733. The van der Waals surface area contributed by atoms with Crippen LogP contribution in [0.4, 0.5) is 0 Å². The van der Waals surface area contributed by atoms with Crippen LogP contribution in [0.15, 0.2) is 12.1 Å². The van der Waals surface area contributed by atoms with E-state index in [4.69, 9.17) is 14.2 Å². The first-order chi connectivity index (χ1) is 16.3. The molecule has 0 aromatic heterocycles. The smallest absolute Gasteiger partial charge is 0.203 e. The van der Waals surface area contributed by atoms with Gasteiger partial charge in [-0.15, -0.1) is 0 Å². The van der Waals surface area contributed by atoms with Crippen LogP contribution in [-0.4, -0.2) is 19.8 Å². The van der Waals surface area contributed by atoms with Crippen molar-refractivity contribution in [3.05, 3.63) is 17.7 Å². The molecular weight excluding hydrogens is 408 g/mol. The molecule has 0 N–H and O–H groups in total. The highest BCUT2D eigenvalue weighted by atomic mass is 16.5. The number of rotatable bonds is 23. The number of unbranched alkanes of at least 4 members (excludes halogenated alkanes) is 12. The Bertz CT molecular complexity index is 533. The molecule has 0 radical (unpaired) electrons. The van der Waals surface area contributed by atoms with E-state index < -0.39 is 0 Å². The first kappa shape index (κ1) is 29.7. The third-order valence-electron chi connectivity index (χ3n) is 6.12. The van der Waals surface area contributed by atoms with Gasteiger partial charge in [0, 0.05) is 0 Å². The van der Waals surface area contributed by atoms with Gasteiger partial charge in [-0.1, -0.05) is 111 Å². The maximum absolute atomic E-state index is 6.32. The zero-order valence-electron chi connectivity index (χ0n) is 22.5. The van der Waals surface area contributed by atoms with E-state index in [-0.39, 0.29) is 0 Å². The molecule has 1 rings (SSSR count). The summed E-state index contributed by atoms with van der Waals surface area (Å²) in [5, 5.41) is 0. The number of aryl methyl sites for hydroxylation is 1. The molecule has 0 amide bonds. The third kappa shape index (κ3) is 14.5. The highest BCUT2D eigenvalue weighted by Crippen LogP contribution is 2.40. The topological polar surface area (TPSA) is 27.7 Å². The van der Waals surface area contributed by atoms with Crippen molar-refractivity contribution in [2.24, 2.45) is 0 Å². The Hall–Kier alpha value is -1.38. The largest absolute Gasteiger partial charge is 0.490 e. The first-order valence-corrected chi connectivity index (χ1v) is 14.3. The van der Waals surface area contributed by atoms with Gasteiger partial charge in [0.15, 0.2) is 11.5 Å². The van der Waals surface area contributed by atoms with E-state index >= 15 is 0 Å². The van der Waals surface area contributed by atoms with Crippen molar-refractivity contribution in [3.63, 3.8) is 0 Å². The molecule has 0 unspecified atom stereocenters. The van der Waals surface area contributed by atoms with E-state index in [2.05, 4.69) is 39.8 Å². The van der Waals surface area contributed by atoms with Crippen molar-refractivity contribution in [1.82, 2.24) is 0 Å². The molecule has 0 spiro atoms. The second kappa shape index (κ2) is 21.2. The fourth-order valence-electron chi connectivity index (χ4n) is 4.08. The molecule has 0 saturated carbocycles.